The van der Waals surface area contributed by atoms with Gasteiger partial charge in [0.05, 0.1) is 11.7 Å². The first-order chi connectivity index (χ1) is 10.2. The SMILES string of the molecule is CN1CC(C(=O)NCc2ccc(CS(C)(=O)=O)cc2)CC1=O. The number of nitrogens with zero attached hydrogens (tertiary/aromatic N) is 1. The van der Waals surface area contributed by atoms with E-state index in [1.165, 1.54) is 6.26 Å². The van der Waals surface area contributed by atoms with Gasteiger partial charge in [-0.3, -0.25) is 9.59 Å². The van der Waals surface area contributed by atoms with Gasteiger partial charge in [0.15, 0.2) is 9.84 Å². The van der Waals surface area contributed by atoms with Crippen LogP contribution in [-0.4, -0.2) is 45.0 Å². The van der Waals surface area contributed by atoms with Crippen LogP contribution in [0, 0.1) is 5.92 Å². The van der Waals surface area contributed by atoms with Gasteiger partial charge in [-0.25, -0.2) is 8.42 Å². The maximum atomic E-state index is 12.0. The fourth-order valence-corrected chi connectivity index (χ4v) is 3.23. The zero-order chi connectivity index (χ0) is 16.3. The lowest BCUT2D eigenvalue weighted by Gasteiger charge is -2.11. The van der Waals surface area contributed by atoms with E-state index in [1.807, 2.05) is 0 Å². The Morgan fingerprint density at radius 1 is 1.27 bits per heavy atom. The minimum absolute atomic E-state index is 0.00900. The lowest BCUT2D eigenvalue weighted by Crippen LogP contribution is -2.31. The van der Waals surface area contributed by atoms with Crippen LogP contribution in [0.3, 0.4) is 0 Å². The van der Waals surface area contributed by atoms with Crippen molar-refractivity contribution < 1.29 is 18.0 Å². The Morgan fingerprint density at radius 2 is 1.86 bits per heavy atom. The van der Waals surface area contributed by atoms with Crippen LogP contribution in [0.5, 0.6) is 0 Å². The predicted molar refractivity (Wildman–Crippen MR) is 82.6 cm³/mol. The molecule has 6 nitrogen and oxygen atoms in total. The van der Waals surface area contributed by atoms with Crippen LogP contribution in [0.15, 0.2) is 24.3 Å². The highest BCUT2D eigenvalue weighted by molar-refractivity contribution is 7.89. The maximum Gasteiger partial charge on any atom is 0.225 e. The molecule has 22 heavy (non-hydrogen) atoms. The quantitative estimate of drug-likeness (QED) is 0.846. The van der Waals surface area contributed by atoms with Crippen molar-refractivity contribution in [3.8, 4) is 0 Å². The van der Waals surface area contributed by atoms with E-state index in [0.29, 0.717) is 13.1 Å². The number of nitrogens with one attached hydrogen (secondary N) is 1. The Bertz CT molecular complexity index is 667. The molecular formula is C15H20N2O4S. The molecule has 0 aliphatic carbocycles. The summed E-state index contributed by atoms with van der Waals surface area (Å²) in [5.74, 6) is -0.416. The summed E-state index contributed by atoms with van der Waals surface area (Å²) in [7, 11) is -1.35. The Hall–Kier alpha value is -1.89. The molecule has 2 amide bonds. The van der Waals surface area contributed by atoms with Crippen LogP contribution in [0.25, 0.3) is 0 Å². The molecule has 120 valence electrons. The topological polar surface area (TPSA) is 83.6 Å². The van der Waals surface area contributed by atoms with Crippen LogP contribution in [-0.2, 0) is 31.7 Å². The summed E-state index contributed by atoms with van der Waals surface area (Å²) < 4.78 is 22.4. The smallest absolute Gasteiger partial charge is 0.225 e. The zero-order valence-electron chi connectivity index (χ0n) is 12.7. The summed E-state index contributed by atoms with van der Waals surface area (Å²) in [4.78, 5) is 25.0. The van der Waals surface area contributed by atoms with E-state index in [2.05, 4.69) is 5.32 Å². The first-order valence-electron chi connectivity index (χ1n) is 7.02. The van der Waals surface area contributed by atoms with Gasteiger partial charge in [0.25, 0.3) is 0 Å². The van der Waals surface area contributed by atoms with Gasteiger partial charge < -0.3 is 10.2 Å². The maximum absolute atomic E-state index is 12.0. The van der Waals surface area contributed by atoms with Crippen LogP contribution in [0.2, 0.25) is 0 Å². The van der Waals surface area contributed by atoms with Gasteiger partial charge in [-0.15, -0.1) is 0 Å². The van der Waals surface area contributed by atoms with Crippen molar-refractivity contribution in [2.75, 3.05) is 19.8 Å². The molecule has 1 unspecified atom stereocenters. The summed E-state index contributed by atoms with van der Waals surface area (Å²) in [6.07, 6.45) is 1.46. The highest BCUT2D eigenvalue weighted by atomic mass is 32.2. The van der Waals surface area contributed by atoms with Crippen molar-refractivity contribution in [2.45, 2.75) is 18.7 Å². The van der Waals surface area contributed by atoms with Crippen molar-refractivity contribution >= 4 is 21.7 Å². The third-order valence-electron chi connectivity index (χ3n) is 3.63. The highest BCUT2D eigenvalue weighted by Crippen LogP contribution is 2.16. The van der Waals surface area contributed by atoms with Crippen LogP contribution in [0.1, 0.15) is 17.5 Å². The normalized spacial score (nSPS) is 18.5. The first-order valence-corrected chi connectivity index (χ1v) is 9.08. The van der Waals surface area contributed by atoms with Crippen LogP contribution >= 0.6 is 0 Å². The monoisotopic (exact) mass is 324 g/mol. The van der Waals surface area contributed by atoms with Gasteiger partial charge in [-0.05, 0) is 11.1 Å². The van der Waals surface area contributed by atoms with Gasteiger partial charge in [0.2, 0.25) is 11.8 Å². The Labute approximate surface area is 130 Å². The Kier molecular flexibility index (Phi) is 4.85. The molecule has 1 heterocycles. The van der Waals surface area contributed by atoms with Gasteiger partial charge in [0, 0.05) is 32.8 Å². The molecule has 0 saturated carbocycles. The summed E-state index contributed by atoms with van der Waals surface area (Å²) in [6, 6.07) is 7.09. The second-order valence-electron chi connectivity index (χ2n) is 5.78. The van der Waals surface area contributed by atoms with E-state index in [-0.39, 0.29) is 29.9 Å². The molecule has 0 radical (unpaired) electrons. The molecular weight excluding hydrogens is 304 g/mol. The summed E-state index contributed by atoms with van der Waals surface area (Å²) in [5, 5.41) is 2.81. The van der Waals surface area contributed by atoms with E-state index in [0.717, 1.165) is 11.1 Å². The van der Waals surface area contributed by atoms with Crippen molar-refractivity contribution in [1.82, 2.24) is 10.2 Å². The number of amides is 2. The molecule has 7 heteroatoms. The number of likely N-dealkylation sites (tertiary alicyclic amines) is 1. The zero-order valence-corrected chi connectivity index (χ0v) is 13.5. The molecule has 1 aromatic rings. The number of hydrogen-bond acceptors (Lipinski definition) is 4. The molecule has 1 aromatic carbocycles. The third-order valence-corrected chi connectivity index (χ3v) is 4.49. The fraction of sp³-hybridized carbons (Fsp3) is 0.467. The molecule has 1 fully saturated rings. The Morgan fingerprint density at radius 3 is 2.36 bits per heavy atom. The minimum Gasteiger partial charge on any atom is -0.352 e. The number of carbonyl (C=O) groups is 2. The van der Waals surface area contributed by atoms with E-state index in [4.69, 9.17) is 0 Å². The van der Waals surface area contributed by atoms with Gasteiger partial charge in [-0.2, -0.15) is 0 Å². The van der Waals surface area contributed by atoms with Crippen molar-refractivity contribution in [1.29, 1.82) is 0 Å². The van der Waals surface area contributed by atoms with Gasteiger partial charge >= 0.3 is 0 Å². The third kappa shape index (κ3) is 4.56. The largest absolute Gasteiger partial charge is 0.352 e. The van der Waals surface area contributed by atoms with Crippen LogP contribution < -0.4 is 5.32 Å². The number of carbonyl (C=O) groups excluding carboxylic acids is 2. The molecule has 0 spiro atoms. The van der Waals surface area contributed by atoms with Crippen molar-refractivity contribution in [2.24, 2.45) is 5.92 Å². The standard InChI is InChI=1S/C15H20N2O4S/c1-17-9-13(7-14(17)18)15(19)16-8-11-3-5-12(6-4-11)10-22(2,20)21/h3-6,13H,7-10H2,1-2H3,(H,16,19). The number of hydrogen-bond donors (Lipinski definition) is 1. The molecule has 1 aliphatic rings. The van der Waals surface area contributed by atoms with E-state index in [9.17, 15) is 18.0 Å². The van der Waals surface area contributed by atoms with E-state index < -0.39 is 9.84 Å². The molecule has 0 bridgehead atoms. The number of sulfone groups is 1. The van der Waals surface area contributed by atoms with Crippen molar-refractivity contribution in [3.63, 3.8) is 0 Å². The van der Waals surface area contributed by atoms with Crippen LogP contribution in [0.4, 0.5) is 0 Å². The summed E-state index contributed by atoms with van der Waals surface area (Å²) in [6.45, 7) is 0.824. The molecule has 1 atom stereocenters. The summed E-state index contributed by atoms with van der Waals surface area (Å²) in [5.41, 5.74) is 1.61. The second kappa shape index (κ2) is 6.48. The van der Waals surface area contributed by atoms with E-state index in [1.54, 1.807) is 36.2 Å². The highest BCUT2D eigenvalue weighted by Gasteiger charge is 2.31. The first kappa shape index (κ1) is 16.5. The van der Waals surface area contributed by atoms with Gasteiger partial charge in [-0.1, -0.05) is 24.3 Å². The molecule has 1 aliphatic heterocycles. The van der Waals surface area contributed by atoms with E-state index >= 15 is 0 Å². The lowest BCUT2D eigenvalue weighted by atomic mass is 10.1. The fourth-order valence-electron chi connectivity index (χ4n) is 2.43. The van der Waals surface area contributed by atoms with Gasteiger partial charge in [0.1, 0.15) is 0 Å². The Balaban J connectivity index is 1.87. The van der Waals surface area contributed by atoms with Crippen molar-refractivity contribution in [3.05, 3.63) is 35.4 Å². The molecule has 0 aromatic heterocycles. The molecule has 1 saturated heterocycles. The average Bonchev–Trinajstić information content (AvgIpc) is 2.76. The minimum atomic E-state index is -3.04. The summed E-state index contributed by atoms with van der Waals surface area (Å²) >= 11 is 0. The number of rotatable bonds is 5. The average molecular weight is 324 g/mol. The molecule has 2 rings (SSSR count). The predicted octanol–water partition coefficient (Wildman–Crippen LogP) is 0.326. The molecule has 1 N–H and O–H groups in total. The number of benzene rings is 1. The lowest BCUT2D eigenvalue weighted by molar-refractivity contribution is -0.128. The second-order valence-corrected chi connectivity index (χ2v) is 7.92.